The lowest BCUT2D eigenvalue weighted by molar-refractivity contribution is 0.0664. The van der Waals surface area contributed by atoms with Crippen molar-refractivity contribution in [3.05, 3.63) is 24.0 Å². The molecule has 4 heteroatoms. The molecule has 0 radical (unpaired) electrons. The van der Waals surface area contributed by atoms with Gasteiger partial charge in [-0.2, -0.15) is 0 Å². The lowest BCUT2D eigenvalue weighted by atomic mass is 9.86. The highest BCUT2D eigenvalue weighted by atomic mass is 16.3. The molecule has 1 aliphatic rings. The van der Waals surface area contributed by atoms with Crippen molar-refractivity contribution in [1.82, 2.24) is 9.88 Å². The van der Waals surface area contributed by atoms with E-state index >= 15 is 0 Å². The molecule has 1 fully saturated rings. The quantitative estimate of drug-likeness (QED) is 0.873. The summed E-state index contributed by atoms with van der Waals surface area (Å²) in [5.74, 6) is 1.27. The summed E-state index contributed by atoms with van der Waals surface area (Å²) in [4.78, 5) is 17.8. The Labute approximate surface area is 108 Å². The molecule has 0 bridgehead atoms. The van der Waals surface area contributed by atoms with Gasteiger partial charge >= 0.3 is 0 Å². The molecule has 18 heavy (non-hydrogen) atoms. The van der Waals surface area contributed by atoms with Gasteiger partial charge in [0.25, 0.3) is 5.91 Å². The summed E-state index contributed by atoms with van der Waals surface area (Å²) in [6, 6.07) is 1.58. The summed E-state index contributed by atoms with van der Waals surface area (Å²) < 4.78 is 0. The normalized spacial score (nSPS) is 17.2. The van der Waals surface area contributed by atoms with E-state index in [2.05, 4.69) is 18.8 Å². The van der Waals surface area contributed by atoms with E-state index < -0.39 is 0 Å². The molecule has 0 unspecified atom stereocenters. The van der Waals surface area contributed by atoms with Gasteiger partial charge in [0.2, 0.25) is 0 Å². The monoisotopic (exact) mass is 248 g/mol. The standard InChI is InChI=1S/C14H20N2O2/c1-10(2)11-4-7-16(8-5-11)14(18)12-3-6-15-9-13(12)17/h3,6,9-11,17H,4-5,7-8H2,1-2H3. The Kier molecular flexibility index (Phi) is 3.84. The van der Waals surface area contributed by atoms with Gasteiger partial charge in [-0.25, -0.2) is 0 Å². The van der Waals surface area contributed by atoms with Crippen LogP contribution in [0.1, 0.15) is 37.0 Å². The summed E-state index contributed by atoms with van der Waals surface area (Å²) in [6.45, 7) is 6.03. The van der Waals surface area contributed by atoms with E-state index in [9.17, 15) is 9.90 Å². The van der Waals surface area contributed by atoms with Gasteiger partial charge in [-0.1, -0.05) is 13.8 Å². The van der Waals surface area contributed by atoms with Gasteiger partial charge in [0.05, 0.1) is 11.8 Å². The van der Waals surface area contributed by atoms with Crippen LogP contribution in [-0.4, -0.2) is 34.0 Å². The van der Waals surface area contributed by atoms with E-state index in [0.717, 1.165) is 25.9 Å². The van der Waals surface area contributed by atoms with Crippen LogP contribution in [0, 0.1) is 11.8 Å². The molecule has 0 saturated carbocycles. The number of aromatic nitrogens is 1. The van der Waals surface area contributed by atoms with Gasteiger partial charge in [0, 0.05) is 19.3 Å². The van der Waals surface area contributed by atoms with E-state index in [1.54, 1.807) is 6.07 Å². The molecule has 0 atom stereocenters. The number of piperidine rings is 1. The number of hydrogen-bond acceptors (Lipinski definition) is 3. The zero-order chi connectivity index (χ0) is 13.1. The first-order valence-electron chi connectivity index (χ1n) is 6.52. The molecule has 1 amide bonds. The Balaban J connectivity index is 2.02. The maximum atomic E-state index is 12.2. The van der Waals surface area contributed by atoms with Crippen molar-refractivity contribution in [1.29, 1.82) is 0 Å². The van der Waals surface area contributed by atoms with E-state index in [1.165, 1.54) is 12.4 Å². The van der Waals surface area contributed by atoms with Crippen LogP contribution in [0.25, 0.3) is 0 Å². The highest BCUT2D eigenvalue weighted by molar-refractivity contribution is 5.96. The Morgan fingerprint density at radius 1 is 1.44 bits per heavy atom. The zero-order valence-corrected chi connectivity index (χ0v) is 11.0. The summed E-state index contributed by atoms with van der Waals surface area (Å²) in [5, 5.41) is 9.64. The van der Waals surface area contributed by atoms with Gasteiger partial charge in [-0.15, -0.1) is 0 Å². The van der Waals surface area contributed by atoms with Crippen molar-refractivity contribution >= 4 is 5.91 Å². The summed E-state index contributed by atoms with van der Waals surface area (Å²) >= 11 is 0. The first kappa shape index (κ1) is 12.9. The van der Waals surface area contributed by atoms with E-state index in [0.29, 0.717) is 17.4 Å². The number of amides is 1. The third kappa shape index (κ3) is 2.63. The molecule has 1 aliphatic heterocycles. The Morgan fingerprint density at radius 2 is 2.11 bits per heavy atom. The van der Waals surface area contributed by atoms with Crippen LogP contribution in [0.2, 0.25) is 0 Å². The van der Waals surface area contributed by atoms with Crippen LogP contribution in [0.3, 0.4) is 0 Å². The summed E-state index contributed by atoms with van der Waals surface area (Å²) in [7, 11) is 0. The van der Waals surface area contributed by atoms with Crippen molar-refractivity contribution in [2.45, 2.75) is 26.7 Å². The second kappa shape index (κ2) is 5.38. The van der Waals surface area contributed by atoms with Gasteiger partial charge in [-0.3, -0.25) is 9.78 Å². The molecule has 98 valence electrons. The Bertz CT molecular complexity index is 424. The van der Waals surface area contributed by atoms with Crippen molar-refractivity contribution in [3.63, 3.8) is 0 Å². The molecule has 0 spiro atoms. The maximum absolute atomic E-state index is 12.2. The molecule has 1 aromatic rings. The van der Waals surface area contributed by atoms with Gasteiger partial charge in [0.1, 0.15) is 5.75 Å². The number of carbonyl (C=O) groups excluding carboxylic acids is 1. The number of nitrogens with zero attached hydrogens (tertiary/aromatic N) is 2. The highest BCUT2D eigenvalue weighted by Crippen LogP contribution is 2.26. The minimum Gasteiger partial charge on any atom is -0.505 e. The second-order valence-electron chi connectivity index (χ2n) is 5.27. The fourth-order valence-electron chi connectivity index (χ4n) is 2.51. The smallest absolute Gasteiger partial charge is 0.257 e. The first-order chi connectivity index (χ1) is 8.59. The Morgan fingerprint density at radius 3 is 2.67 bits per heavy atom. The minimum absolute atomic E-state index is 0.0338. The lowest BCUT2D eigenvalue weighted by Crippen LogP contribution is -2.39. The average Bonchev–Trinajstić information content (AvgIpc) is 2.38. The van der Waals surface area contributed by atoms with Crippen molar-refractivity contribution in [2.24, 2.45) is 11.8 Å². The van der Waals surface area contributed by atoms with Crippen LogP contribution < -0.4 is 0 Å². The molecule has 0 aromatic carbocycles. The zero-order valence-electron chi connectivity index (χ0n) is 11.0. The molecule has 2 rings (SSSR count). The minimum atomic E-state index is -0.0860. The van der Waals surface area contributed by atoms with Gasteiger partial charge in [-0.05, 0) is 30.7 Å². The number of likely N-dealkylation sites (tertiary alicyclic amines) is 1. The lowest BCUT2D eigenvalue weighted by Gasteiger charge is -2.34. The third-order valence-electron chi connectivity index (χ3n) is 3.80. The molecule has 4 nitrogen and oxygen atoms in total. The van der Waals surface area contributed by atoms with Crippen molar-refractivity contribution in [2.75, 3.05) is 13.1 Å². The molecule has 1 saturated heterocycles. The second-order valence-corrected chi connectivity index (χ2v) is 5.27. The topological polar surface area (TPSA) is 53.4 Å². The molecule has 2 heterocycles. The van der Waals surface area contributed by atoms with Crippen LogP contribution in [0.5, 0.6) is 5.75 Å². The van der Waals surface area contributed by atoms with Crippen molar-refractivity contribution in [3.8, 4) is 5.75 Å². The predicted octanol–water partition coefficient (Wildman–Crippen LogP) is 2.30. The average molecular weight is 248 g/mol. The molecule has 1 aromatic heterocycles. The number of rotatable bonds is 2. The maximum Gasteiger partial charge on any atom is 0.257 e. The number of pyridine rings is 1. The first-order valence-corrected chi connectivity index (χ1v) is 6.52. The van der Waals surface area contributed by atoms with Crippen LogP contribution in [0.4, 0.5) is 0 Å². The Hall–Kier alpha value is -1.58. The SMILES string of the molecule is CC(C)C1CCN(C(=O)c2ccncc2O)CC1. The highest BCUT2D eigenvalue weighted by Gasteiger charge is 2.26. The number of hydrogen-bond donors (Lipinski definition) is 1. The van der Waals surface area contributed by atoms with Crippen LogP contribution in [0.15, 0.2) is 18.5 Å². The van der Waals surface area contributed by atoms with Crippen LogP contribution >= 0.6 is 0 Å². The molecular weight excluding hydrogens is 228 g/mol. The van der Waals surface area contributed by atoms with E-state index in [4.69, 9.17) is 0 Å². The summed E-state index contributed by atoms with van der Waals surface area (Å²) in [5.41, 5.74) is 0.355. The number of carbonyl (C=O) groups is 1. The van der Waals surface area contributed by atoms with E-state index in [-0.39, 0.29) is 11.7 Å². The fourth-order valence-corrected chi connectivity index (χ4v) is 2.51. The van der Waals surface area contributed by atoms with E-state index in [1.807, 2.05) is 4.90 Å². The molecule has 1 N–H and O–H groups in total. The fraction of sp³-hybridized carbons (Fsp3) is 0.571. The van der Waals surface area contributed by atoms with Crippen molar-refractivity contribution < 1.29 is 9.90 Å². The van der Waals surface area contributed by atoms with Crippen LogP contribution in [-0.2, 0) is 0 Å². The number of aromatic hydroxyl groups is 1. The molecule has 0 aliphatic carbocycles. The van der Waals surface area contributed by atoms with Gasteiger partial charge < -0.3 is 10.0 Å². The largest absolute Gasteiger partial charge is 0.505 e. The predicted molar refractivity (Wildman–Crippen MR) is 69.4 cm³/mol. The van der Waals surface area contributed by atoms with Gasteiger partial charge in [0.15, 0.2) is 0 Å². The molecular formula is C14H20N2O2. The third-order valence-corrected chi connectivity index (χ3v) is 3.80. The summed E-state index contributed by atoms with van der Waals surface area (Å²) in [6.07, 6.45) is 4.95.